The zero-order valence-electron chi connectivity index (χ0n) is 17.1. The summed E-state index contributed by atoms with van der Waals surface area (Å²) in [6, 6.07) is 7.47. The molecule has 0 aliphatic rings. The molecule has 0 saturated heterocycles. The Morgan fingerprint density at radius 3 is 2.36 bits per heavy atom. The molecule has 1 heterocycles. The fourth-order valence-corrected chi connectivity index (χ4v) is 2.96. The standard InChI is InChI=1S/C21H29N3O4/c1-6-16-18(21(26)28-7-2)17(24-19(16)20(25)23-13(3)4)12-22-14-8-10-15(27-5)11-9-14/h8-11,13,22,24H,6-7,12H2,1-5H3,(H,23,25). The van der Waals surface area contributed by atoms with E-state index in [0.29, 0.717) is 35.5 Å². The molecule has 152 valence electrons. The van der Waals surface area contributed by atoms with Gasteiger partial charge in [-0.15, -0.1) is 0 Å². The lowest BCUT2D eigenvalue weighted by Gasteiger charge is -2.09. The topological polar surface area (TPSA) is 92.5 Å². The number of H-pyrrole nitrogens is 1. The van der Waals surface area contributed by atoms with E-state index in [1.54, 1.807) is 14.0 Å². The smallest absolute Gasteiger partial charge is 0.340 e. The first-order valence-corrected chi connectivity index (χ1v) is 9.50. The summed E-state index contributed by atoms with van der Waals surface area (Å²) in [6.45, 7) is 8.08. The first kappa shape index (κ1) is 21.3. The van der Waals surface area contributed by atoms with Crippen LogP contribution in [0.5, 0.6) is 5.75 Å². The molecule has 0 atom stereocenters. The van der Waals surface area contributed by atoms with Gasteiger partial charge in [-0.25, -0.2) is 4.79 Å². The van der Waals surface area contributed by atoms with Gasteiger partial charge in [0.25, 0.3) is 5.91 Å². The van der Waals surface area contributed by atoms with Crippen molar-refractivity contribution >= 4 is 17.6 Å². The van der Waals surface area contributed by atoms with Crippen molar-refractivity contribution in [1.82, 2.24) is 10.3 Å². The highest BCUT2D eigenvalue weighted by Crippen LogP contribution is 2.23. The third-order valence-electron chi connectivity index (χ3n) is 4.22. The number of carbonyl (C=O) groups excluding carboxylic acids is 2. The number of benzene rings is 1. The Labute approximate surface area is 165 Å². The van der Waals surface area contributed by atoms with Gasteiger partial charge in [-0.2, -0.15) is 0 Å². The molecule has 0 aliphatic carbocycles. The van der Waals surface area contributed by atoms with E-state index < -0.39 is 5.97 Å². The van der Waals surface area contributed by atoms with Gasteiger partial charge >= 0.3 is 5.97 Å². The van der Waals surface area contributed by atoms with Gasteiger partial charge in [-0.3, -0.25) is 4.79 Å². The van der Waals surface area contributed by atoms with Gasteiger partial charge in [0.1, 0.15) is 11.4 Å². The number of carbonyl (C=O) groups is 2. The number of esters is 1. The molecule has 3 N–H and O–H groups in total. The van der Waals surface area contributed by atoms with Crippen molar-refractivity contribution in [1.29, 1.82) is 0 Å². The summed E-state index contributed by atoms with van der Waals surface area (Å²) in [5.74, 6) is 0.109. The fraction of sp³-hybridized carbons (Fsp3) is 0.429. The minimum atomic E-state index is -0.425. The van der Waals surface area contributed by atoms with Crippen molar-refractivity contribution in [3.8, 4) is 5.75 Å². The van der Waals surface area contributed by atoms with E-state index in [1.807, 2.05) is 45.0 Å². The molecular formula is C21H29N3O4. The van der Waals surface area contributed by atoms with Gasteiger partial charge in [-0.05, 0) is 57.0 Å². The number of aromatic nitrogens is 1. The van der Waals surface area contributed by atoms with Crippen molar-refractivity contribution in [2.45, 2.75) is 46.7 Å². The van der Waals surface area contributed by atoms with Crippen molar-refractivity contribution in [3.63, 3.8) is 0 Å². The van der Waals surface area contributed by atoms with E-state index in [9.17, 15) is 9.59 Å². The lowest BCUT2D eigenvalue weighted by molar-refractivity contribution is 0.0524. The number of nitrogens with one attached hydrogen (secondary N) is 3. The van der Waals surface area contributed by atoms with Crippen molar-refractivity contribution in [2.75, 3.05) is 19.0 Å². The summed E-state index contributed by atoms with van der Waals surface area (Å²) in [7, 11) is 1.61. The fourth-order valence-electron chi connectivity index (χ4n) is 2.96. The second kappa shape index (κ2) is 9.82. The summed E-state index contributed by atoms with van der Waals surface area (Å²) in [6.07, 6.45) is 0.536. The van der Waals surface area contributed by atoms with Crippen LogP contribution in [0.1, 0.15) is 59.8 Å². The molecule has 0 unspecified atom stereocenters. The van der Waals surface area contributed by atoms with Crippen LogP contribution in [-0.4, -0.2) is 36.6 Å². The number of amides is 1. The van der Waals surface area contributed by atoms with Crippen molar-refractivity contribution < 1.29 is 19.1 Å². The number of rotatable bonds is 9. The van der Waals surface area contributed by atoms with Gasteiger partial charge < -0.3 is 25.1 Å². The van der Waals surface area contributed by atoms with Crippen molar-refractivity contribution in [2.24, 2.45) is 0 Å². The van der Waals surface area contributed by atoms with Crippen LogP contribution in [0.3, 0.4) is 0 Å². The van der Waals surface area contributed by atoms with Crippen LogP contribution in [0.25, 0.3) is 0 Å². The molecule has 0 fully saturated rings. The zero-order chi connectivity index (χ0) is 20.7. The number of ether oxygens (including phenoxy) is 2. The van der Waals surface area contributed by atoms with E-state index in [1.165, 1.54) is 0 Å². The summed E-state index contributed by atoms with van der Waals surface area (Å²) in [5, 5.41) is 6.14. The summed E-state index contributed by atoms with van der Waals surface area (Å²) in [5.41, 5.74) is 3.00. The summed E-state index contributed by atoms with van der Waals surface area (Å²) < 4.78 is 10.4. The second-order valence-corrected chi connectivity index (χ2v) is 6.62. The maximum atomic E-state index is 12.6. The molecule has 0 spiro atoms. The van der Waals surface area contributed by atoms with E-state index in [4.69, 9.17) is 9.47 Å². The number of hydrogen-bond acceptors (Lipinski definition) is 5. The van der Waals surface area contributed by atoms with E-state index in [0.717, 1.165) is 11.4 Å². The number of anilines is 1. The highest BCUT2D eigenvalue weighted by molar-refractivity contribution is 6.01. The molecule has 1 aromatic heterocycles. The first-order chi connectivity index (χ1) is 13.4. The Morgan fingerprint density at radius 2 is 1.82 bits per heavy atom. The molecule has 1 amide bonds. The Kier molecular flexibility index (Phi) is 7.49. The average molecular weight is 387 g/mol. The van der Waals surface area contributed by atoms with Crippen LogP contribution in [-0.2, 0) is 17.7 Å². The average Bonchev–Trinajstić information content (AvgIpc) is 3.05. The molecule has 0 radical (unpaired) electrons. The highest BCUT2D eigenvalue weighted by atomic mass is 16.5. The van der Waals surface area contributed by atoms with Crippen LogP contribution in [0, 0.1) is 0 Å². The Morgan fingerprint density at radius 1 is 1.14 bits per heavy atom. The lowest BCUT2D eigenvalue weighted by Crippen LogP contribution is -2.31. The normalized spacial score (nSPS) is 10.6. The minimum absolute atomic E-state index is 0.00702. The van der Waals surface area contributed by atoms with E-state index in [-0.39, 0.29) is 18.6 Å². The van der Waals surface area contributed by atoms with Crippen LogP contribution in [0.15, 0.2) is 24.3 Å². The SMILES string of the molecule is CCOC(=O)c1c(CNc2ccc(OC)cc2)[nH]c(C(=O)NC(C)C)c1CC. The zero-order valence-corrected chi connectivity index (χ0v) is 17.1. The molecule has 1 aromatic carbocycles. The molecule has 2 aromatic rings. The monoisotopic (exact) mass is 387 g/mol. The van der Waals surface area contributed by atoms with Crippen LogP contribution in [0.2, 0.25) is 0 Å². The van der Waals surface area contributed by atoms with Crippen LogP contribution >= 0.6 is 0 Å². The number of methoxy groups -OCH3 is 1. The molecule has 0 bridgehead atoms. The largest absolute Gasteiger partial charge is 0.497 e. The van der Waals surface area contributed by atoms with Gasteiger partial charge in [0, 0.05) is 17.4 Å². The molecule has 0 aliphatic heterocycles. The van der Waals surface area contributed by atoms with Gasteiger partial charge in [0.15, 0.2) is 0 Å². The lowest BCUT2D eigenvalue weighted by atomic mass is 10.1. The third kappa shape index (κ3) is 5.06. The molecular weight excluding hydrogens is 358 g/mol. The molecule has 0 saturated carbocycles. The predicted octanol–water partition coefficient (Wildman–Crippen LogP) is 3.51. The maximum absolute atomic E-state index is 12.6. The highest BCUT2D eigenvalue weighted by Gasteiger charge is 2.26. The molecule has 7 nitrogen and oxygen atoms in total. The number of aromatic amines is 1. The second-order valence-electron chi connectivity index (χ2n) is 6.62. The third-order valence-corrected chi connectivity index (χ3v) is 4.22. The van der Waals surface area contributed by atoms with Crippen molar-refractivity contribution in [3.05, 3.63) is 46.8 Å². The van der Waals surface area contributed by atoms with E-state index >= 15 is 0 Å². The Balaban J connectivity index is 2.35. The Bertz CT molecular complexity index is 810. The summed E-state index contributed by atoms with van der Waals surface area (Å²) in [4.78, 5) is 28.3. The number of hydrogen-bond donors (Lipinski definition) is 3. The molecule has 28 heavy (non-hydrogen) atoms. The van der Waals surface area contributed by atoms with E-state index in [2.05, 4.69) is 15.6 Å². The van der Waals surface area contributed by atoms with Crippen LogP contribution < -0.4 is 15.4 Å². The molecule has 2 rings (SSSR count). The predicted molar refractivity (Wildman–Crippen MR) is 109 cm³/mol. The Hall–Kier alpha value is -2.96. The maximum Gasteiger partial charge on any atom is 0.340 e. The molecule has 7 heteroatoms. The van der Waals surface area contributed by atoms with Crippen LogP contribution in [0.4, 0.5) is 5.69 Å². The quantitative estimate of drug-likeness (QED) is 0.573. The summed E-state index contributed by atoms with van der Waals surface area (Å²) >= 11 is 0. The minimum Gasteiger partial charge on any atom is -0.497 e. The van der Waals surface area contributed by atoms with Gasteiger partial charge in [0.2, 0.25) is 0 Å². The van der Waals surface area contributed by atoms with Gasteiger partial charge in [-0.1, -0.05) is 6.92 Å². The first-order valence-electron chi connectivity index (χ1n) is 9.50. The van der Waals surface area contributed by atoms with Gasteiger partial charge in [0.05, 0.1) is 25.8 Å².